The Kier molecular flexibility index (Phi) is 6.63. The summed E-state index contributed by atoms with van der Waals surface area (Å²) < 4.78 is 44.1. The van der Waals surface area contributed by atoms with Gasteiger partial charge in [-0.1, -0.05) is 11.3 Å². The fourth-order valence-corrected chi connectivity index (χ4v) is 6.41. The number of sulfonamides is 1. The van der Waals surface area contributed by atoms with E-state index in [9.17, 15) is 8.42 Å². The van der Waals surface area contributed by atoms with Gasteiger partial charge in [-0.2, -0.15) is 4.31 Å². The van der Waals surface area contributed by atoms with Gasteiger partial charge in [0.25, 0.3) is 0 Å². The highest BCUT2D eigenvalue weighted by atomic mass is 32.2. The highest BCUT2D eigenvalue weighted by molar-refractivity contribution is 7.89. The molecular formula is C22H25N3O5S2. The van der Waals surface area contributed by atoms with E-state index >= 15 is 0 Å². The third-order valence-corrected chi connectivity index (χ3v) is 8.52. The fraction of sp³-hybridized carbons (Fsp3) is 0.364. The number of hydrogen-bond acceptors (Lipinski definition) is 8. The Morgan fingerprint density at radius 1 is 0.969 bits per heavy atom. The van der Waals surface area contributed by atoms with Crippen LogP contribution < -0.4 is 14.2 Å². The highest BCUT2D eigenvalue weighted by Crippen LogP contribution is 2.37. The predicted molar refractivity (Wildman–Crippen MR) is 122 cm³/mol. The normalized spacial score (nSPS) is 17.2. The van der Waals surface area contributed by atoms with Crippen molar-refractivity contribution in [2.75, 3.05) is 34.4 Å². The highest BCUT2D eigenvalue weighted by Gasteiger charge is 2.34. The Hall–Kier alpha value is -2.69. The SMILES string of the molecule is COc1ccc(-c2nnc(C3CCCN(S(=O)(=O)c4cc(OC)ccc4OC)C3)s2)cc1. The van der Waals surface area contributed by atoms with Gasteiger partial charge < -0.3 is 14.2 Å². The van der Waals surface area contributed by atoms with E-state index in [2.05, 4.69) is 10.2 Å². The second-order valence-electron chi connectivity index (χ2n) is 7.39. The molecule has 0 spiro atoms. The van der Waals surface area contributed by atoms with Crippen LogP contribution in [0.1, 0.15) is 23.8 Å². The van der Waals surface area contributed by atoms with Gasteiger partial charge in [-0.05, 0) is 49.2 Å². The molecule has 0 aliphatic carbocycles. The van der Waals surface area contributed by atoms with Crippen molar-refractivity contribution < 1.29 is 22.6 Å². The number of nitrogens with zero attached hydrogens (tertiary/aromatic N) is 3. The van der Waals surface area contributed by atoms with Crippen LogP contribution in [0.4, 0.5) is 0 Å². The molecule has 170 valence electrons. The molecule has 2 aromatic carbocycles. The maximum atomic E-state index is 13.4. The van der Waals surface area contributed by atoms with Crippen molar-refractivity contribution in [1.29, 1.82) is 0 Å². The molecule has 3 aromatic rings. The maximum Gasteiger partial charge on any atom is 0.246 e. The second kappa shape index (κ2) is 9.43. The summed E-state index contributed by atoms with van der Waals surface area (Å²) in [6.45, 7) is 0.795. The largest absolute Gasteiger partial charge is 0.497 e. The number of rotatable bonds is 7. The smallest absolute Gasteiger partial charge is 0.246 e. The lowest BCUT2D eigenvalue weighted by atomic mass is 10.0. The Morgan fingerprint density at radius 2 is 1.69 bits per heavy atom. The molecule has 0 amide bonds. The van der Waals surface area contributed by atoms with E-state index in [-0.39, 0.29) is 10.8 Å². The zero-order valence-corrected chi connectivity index (χ0v) is 19.8. The molecule has 0 saturated carbocycles. The summed E-state index contributed by atoms with van der Waals surface area (Å²) in [7, 11) is 0.832. The third-order valence-electron chi connectivity index (χ3n) is 5.50. The van der Waals surface area contributed by atoms with Crippen LogP contribution >= 0.6 is 11.3 Å². The first-order chi connectivity index (χ1) is 15.5. The first-order valence-electron chi connectivity index (χ1n) is 10.2. The average molecular weight is 476 g/mol. The molecule has 4 rings (SSSR count). The Bertz CT molecular complexity index is 1180. The number of methoxy groups -OCH3 is 3. The Labute approximate surface area is 191 Å². The first kappa shape index (κ1) is 22.5. The zero-order valence-electron chi connectivity index (χ0n) is 18.1. The minimum Gasteiger partial charge on any atom is -0.497 e. The van der Waals surface area contributed by atoms with Crippen molar-refractivity contribution >= 4 is 21.4 Å². The molecule has 1 saturated heterocycles. The quantitative estimate of drug-likeness (QED) is 0.513. The minimum absolute atomic E-state index is 0.0142. The summed E-state index contributed by atoms with van der Waals surface area (Å²) in [5.74, 6) is 1.52. The van der Waals surface area contributed by atoms with Crippen molar-refractivity contribution in [1.82, 2.24) is 14.5 Å². The summed E-state index contributed by atoms with van der Waals surface area (Å²) in [6.07, 6.45) is 1.60. The van der Waals surface area contributed by atoms with Crippen LogP contribution in [0, 0.1) is 0 Å². The summed E-state index contributed by atoms with van der Waals surface area (Å²) in [4.78, 5) is 0.108. The van der Waals surface area contributed by atoms with E-state index in [0.717, 1.165) is 34.2 Å². The van der Waals surface area contributed by atoms with Gasteiger partial charge in [0, 0.05) is 30.6 Å². The van der Waals surface area contributed by atoms with Crippen molar-refractivity contribution in [3.63, 3.8) is 0 Å². The van der Waals surface area contributed by atoms with E-state index in [0.29, 0.717) is 24.6 Å². The van der Waals surface area contributed by atoms with Crippen molar-refractivity contribution in [3.8, 4) is 27.8 Å². The average Bonchev–Trinajstić information content (AvgIpc) is 3.34. The van der Waals surface area contributed by atoms with Gasteiger partial charge in [-0.3, -0.25) is 0 Å². The van der Waals surface area contributed by atoms with Crippen LogP contribution in [0.15, 0.2) is 47.4 Å². The molecule has 1 aliphatic heterocycles. The van der Waals surface area contributed by atoms with Gasteiger partial charge in [0.05, 0.1) is 21.3 Å². The molecule has 32 heavy (non-hydrogen) atoms. The summed E-state index contributed by atoms with van der Waals surface area (Å²) in [5.41, 5.74) is 0.955. The molecule has 2 heterocycles. The molecule has 1 unspecified atom stereocenters. The van der Waals surface area contributed by atoms with E-state index in [1.54, 1.807) is 19.2 Å². The van der Waals surface area contributed by atoms with E-state index < -0.39 is 10.0 Å². The van der Waals surface area contributed by atoms with Crippen LogP contribution in [0.5, 0.6) is 17.2 Å². The molecule has 8 nitrogen and oxygen atoms in total. The number of ether oxygens (including phenoxy) is 3. The first-order valence-corrected chi connectivity index (χ1v) is 12.4. The number of hydrogen-bond donors (Lipinski definition) is 0. The van der Waals surface area contributed by atoms with Crippen LogP contribution in [-0.2, 0) is 10.0 Å². The molecule has 0 bridgehead atoms. The van der Waals surface area contributed by atoms with Gasteiger partial charge in [0.2, 0.25) is 10.0 Å². The van der Waals surface area contributed by atoms with Crippen LogP contribution in [0.25, 0.3) is 10.6 Å². The molecule has 1 fully saturated rings. The fourth-order valence-electron chi connectivity index (χ4n) is 3.74. The number of piperidine rings is 1. The van der Waals surface area contributed by atoms with Gasteiger partial charge >= 0.3 is 0 Å². The van der Waals surface area contributed by atoms with E-state index in [4.69, 9.17) is 14.2 Å². The third kappa shape index (κ3) is 4.43. The van der Waals surface area contributed by atoms with Gasteiger partial charge in [-0.15, -0.1) is 10.2 Å². The molecule has 1 aromatic heterocycles. The van der Waals surface area contributed by atoms with Crippen LogP contribution in [-0.4, -0.2) is 57.3 Å². The Morgan fingerprint density at radius 3 is 2.38 bits per heavy atom. The molecule has 0 N–H and O–H groups in total. The van der Waals surface area contributed by atoms with Gasteiger partial charge in [-0.25, -0.2) is 8.42 Å². The molecule has 1 atom stereocenters. The molecule has 0 radical (unpaired) electrons. The summed E-state index contributed by atoms with van der Waals surface area (Å²) >= 11 is 1.50. The van der Waals surface area contributed by atoms with Crippen LogP contribution in [0.3, 0.4) is 0 Å². The Balaban J connectivity index is 1.57. The van der Waals surface area contributed by atoms with E-state index in [1.165, 1.54) is 35.9 Å². The topological polar surface area (TPSA) is 90.9 Å². The van der Waals surface area contributed by atoms with Crippen molar-refractivity contribution in [2.45, 2.75) is 23.7 Å². The predicted octanol–water partition coefficient (Wildman–Crippen LogP) is 3.80. The number of benzene rings is 2. The lowest BCUT2D eigenvalue weighted by molar-refractivity contribution is 0.312. The van der Waals surface area contributed by atoms with E-state index in [1.807, 2.05) is 24.3 Å². The van der Waals surface area contributed by atoms with Crippen molar-refractivity contribution in [3.05, 3.63) is 47.5 Å². The maximum absolute atomic E-state index is 13.4. The number of aromatic nitrogens is 2. The standard InChI is InChI=1S/C22H25N3O5S2/c1-28-17-8-6-15(7-9-17)21-23-24-22(31-21)16-5-4-12-25(14-16)32(26,27)20-13-18(29-2)10-11-19(20)30-3/h6-11,13,16H,4-5,12,14H2,1-3H3. The van der Waals surface area contributed by atoms with Gasteiger partial charge in [0.1, 0.15) is 32.2 Å². The molecule has 10 heteroatoms. The second-order valence-corrected chi connectivity index (χ2v) is 10.3. The lowest BCUT2D eigenvalue weighted by Gasteiger charge is -2.31. The molecule has 1 aliphatic rings. The van der Waals surface area contributed by atoms with Gasteiger partial charge in [0.15, 0.2) is 0 Å². The van der Waals surface area contributed by atoms with Crippen LogP contribution in [0.2, 0.25) is 0 Å². The lowest BCUT2D eigenvalue weighted by Crippen LogP contribution is -2.39. The summed E-state index contributed by atoms with van der Waals surface area (Å²) in [5, 5.41) is 10.4. The zero-order chi connectivity index (χ0) is 22.7. The summed E-state index contributed by atoms with van der Waals surface area (Å²) in [6, 6.07) is 12.4. The monoisotopic (exact) mass is 475 g/mol. The van der Waals surface area contributed by atoms with Crippen molar-refractivity contribution in [2.24, 2.45) is 0 Å². The minimum atomic E-state index is -3.76. The molecular weight excluding hydrogens is 450 g/mol.